The maximum Gasteiger partial charge on any atom is 0.356 e. The number of aliphatic hydroxyl groups excluding tert-OH is 1. The van der Waals surface area contributed by atoms with Crippen LogP contribution in [0.1, 0.15) is 59.5 Å². The SMILES string of the molecule is COc1ccc(C(OC[C@H]2O[C@@H](n3cc(C)c(=O)[nH]c3=O)C[C@@H]2OP(=O)(CO[C@H]2C[C@H](n3cc(C)c(=O)[nH]c3=O)O[C@@H]2CO)OCCC#N)(c2ccccc2)c2ccccc2)cc1. The van der Waals surface area contributed by atoms with Gasteiger partial charge < -0.3 is 37.8 Å². The number of H-pyrrole nitrogens is 2. The lowest BCUT2D eigenvalue weighted by Gasteiger charge is -2.37. The third-order valence-electron chi connectivity index (χ3n) is 11.0. The molecule has 7 rings (SSSR count). The molecule has 2 aliphatic heterocycles. The molecule has 0 aliphatic carbocycles. The first kappa shape index (κ1) is 45.3. The van der Waals surface area contributed by atoms with Gasteiger partial charge in [-0.25, -0.2) is 9.59 Å². The molecule has 63 heavy (non-hydrogen) atoms. The Morgan fingerprint density at radius 3 is 1.84 bits per heavy atom. The first-order chi connectivity index (χ1) is 30.4. The van der Waals surface area contributed by atoms with E-state index in [1.54, 1.807) is 14.0 Å². The van der Waals surface area contributed by atoms with Crippen molar-refractivity contribution in [3.05, 3.63) is 167 Å². The molecule has 3 aromatic carbocycles. The molecule has 0 bridgehead atoms. The molecular formula is C44H48N5O13P. The average Bonchev–Trinajstić information content (AvgIpc) is 3.90. The number of ether oxygens (including phenoxy) is 5. The van der Waals surface area contributed by atoms with Crippen molar-refractivity contribution in [3.63, 3.8) is 0 Å². The van der Waals surface area contributed by atoms with Crippen molar-refractivity contribution in [1.82, 2.24) is 19.1 Å². The Kier molecular flexibility index (Phi) is 14.2. The first-order valence-electron chi connectivity index (χ1n) is 20.2. The average molecular weight is 886 g/mol. The summed E-state index contributed by atoms with van der Waals surface area (Å²) in [6.07, 6.45) is -4.18. The van der Waals surface area contributed by atoms with Crippen LogP contribution in [0.5, 0.6) is 5.75 Å². The van der Waals surface area contributed by atoms with Gasteiger partial charge in [0, 0.05) is 36.4 Å². The van der Waals surface area contributed by atoms with Crippen LogP contribution in [0, 0.1) is 25.2 Å². The van der Waals surface area contributed by atoms with E-state index in [4.69, 9.17) is 32.7 Å². The maximum absolute atomic E-state index is 14.9. The van der Waals surface area contributed by atoms with Crippen molar-refractivity contribution < 1.29 is 42.4 Å². The highest BCUT2D eigenvalue weighted by Crippen LogP contribution is 2.53. The highest BCUT2D eigenvalue weighted by Gasteiger charge is 2.47. The van der Waals surface area contributed by atoms with Crippen LogP contribution in [-0.4, -0.2) is 81.9 Å². The molecule has 5 aromatic rings. The molecule has 1 unspecified atom stereocenters. The van der Waals surface area contributed by atoms with Gasteiger partial charge in [0.15, 0.2) is 0 Å². The third kappa shape index (κ3) is 9.91. The van der Waals surface area contributed by atoms with E-state index >= 15 is 0 Å². The second-order valence-corrected chi connectivity index (χ2v) is 17.1. The summed E-state index contributed by atoms with van der Waals surface area (Å²) in [4.78, 5) is 54.8. The number of aromatic nitrogens is 4. The highest BCUT2D eigenvalue weighted by molar-refractivity contribution is 7.53. The lowest BCUT2D eigenvalue weighted by atomic mass is 9.80. The summed E-state index contributed by atoms with van der Waals surface area (Å²) in [6, 6.07) is 28.5. The van der Waals surface area contributed by atoms with Gasteiger partial charge in [0.05, 0.1) is 45.5 Å². The van der Waals surface area contributed by atoms with Crippen molar-refractivity contribution in [2.75, 3.05) is 33.3 Å². The van der Waals surface area contributed by atoms with Crippen molar-refractivity contribution in [2.45, 2.75) is 75.6 Å². The number of rotatable bonds is 18. The molecule has 2 aliphatic rings. The summed E-state index contributed by atoms with van der Waals surface area (Å²) in [6.45, 7) is 2.05. The fourth-order valence-electron chi connectivity index (χ4n) is 7.79. The second kappa shape index (κ2) is 19.8. The Morgan fingerprint density at radius 2 is 1.32 bits per heavy atom. The molecule has 0 saturated carbocycles. The molecule has 0 spiro atoms. The first-order valence-corrected chi connectivity index (χ1v) is 22.0. The zero-order chi connectivity index (χ0) is 44.7. The fraction of sp³-hybridized carbons (Fsp3) is 0.386. The van der Waals surface area contributed by atoms with Gasteiger partial charge in [0.1, 0.15) is 48.5 Å². The maximum atomic E-state index is 14.9. The van der Waals surface area contributed by atoms with Crippen LogP contribution in [0.2, 0.25) is 0 Å². The Balaban J connectivity index is 1.22. The summed E-state index contributed by atoms with van der Waals surface area (Å²) in [5.74, 6) is 0.630. The highest BCUT2D eigenvalue weighted by atomic mass is 31.2. The number of nitrogens with one attached hydrogen (secondary N) is 2. The van der Waals surface area contributed by atoms with Crippen LogP contribution in [0.25, 0.3) is 0 Å². The van der Waals surface area contributed by atoms with Crippen molar-refractivity contribution in [2.24, 2.45) is 0 Å². The van der Waals surface area contributed by atoms with E-state index in [0.717, 1.165) is 16.7 Å². The zero-order valence-corrected chi connectivity index (χ0v) is 35.7. The quantitative estimate of drug-likeness (QED) is 0.0638. The van der Waals surface area contributed by atoms with Crippen LogP contribution in [0.3, 0.4) is 0 Å². The molecule has 7 atom stereocenters. The Bertz CT molecular complexity index is 2640. The third-order valence-corrected chi connectivity index (χ3v) is 12.7. The largest absolute Gasteiger partial charge is 0.497 e. The molecule has 0 amide bonds. The normalized spacial score (nSPS) is 22.1. The predicted molar refractivity (Wildman–Crippen MR) is 226 cm³/mol. The fourth-order valence-corrected chi connectivity index (χ4v) is 9.37. The molecule has 19 heteroatoms. The van der Waals surface area contributed by atoms with Gasteiger partial charge in [-0.1, -0.05) is 72.8 Å². The number of aliphatic hydroxyl groups is 1. The van der Waals surface area contributed by atoms with Crippen LogP contribution in [0.4, 0.5) is 0 Å². The number of hydrogen-bond donors (Lipinski definition) is 3. The van der Waals surface area contributed by atoms with Crippen LogP contribution in [-0.2, 0) is 38.2 Å². The van der Waals surface area contributed by atoms with E-state index in [0.29, 0.717) is 5.75 Å². The number of nitriles is 1. The molecule has 2 aromatic heterocycles. The van der Waals surface area contributed by atoms with Crippen molar-refractivity contribution >= 4 is 7.60 Å². The Labute approximate surface area is 361 Å². The number of benzene rings is 3. The Morgan fingerprint density at radius 1 is 0.794 bits per heavy atom. The predicted octanol–water partition coefficient (Wildman–Crippen LogP) is 4.14. The minimum absolute atomic E-state index is 0.0147. The van der Waals surface area contributed by atoms with E-state index < -0.39 is 85.5 Å². The van der Waals surface area contributed by atoms with E-state index in [1.807, 2.05) is 91.0 Å². The molecule has 0 radical (unpaired) electrons. The van der Waals surface area contributed by atoms with Gasteiger partial charge in [0.2, 0.25) is 0 Å². The van der Waals surface area contributed by atoms with Gasteiger partial charge in [0.25, 0.3) is 11.1 Å². The number of aromatic amines is 2. The number of hydrogen-bond acceptors (Lipinski definition) is 14. The van der Waals surface area contributed by atoms with Gasteiger partial charge in [-0.05, 0) is 42.7 Å². The lowest BCUT2D eigenvalue weighted by Crippen LogP contribution is -2.38. The van der Waals surface area contributed by atoms with Gasteiger partial charge in [-0.15, -0.1) is 0 Å². The number of aryl methyl sites for hydroxylation is 2. The van der Waals surface area contributed by atoms with E-state index in [2.05, 4.69) is 9.97 Å². The van der Waals surface area contributed by atoms with E-state index in [1.165, 1.54) is 28.5 Å². The molecule has 2 saturated heterocycles. The van der Waals surface area contributed by atoms with Crippen molar-refractivity contribution in [3.8, 4) is 11.8 Å². The second-order valence-electron chi connectivity index (χ2n) is 15.2. The molecule has 18 nitrogen and oxygen atoms in total. The molecule has 2 fully saturated rings. The summed E-state index contributed by atoms with van der Waals surface area (Å²) in [7, 11) is -2.78. The number of methoxy groups -OCH3 is 1. The van der Waals surface area contributed by atoms with E-state index in [-0.39, 0.29) is 43.6 Å². The topological polar surface area (TPSA) is 235 Å². The zero-order valence-electron chi connectivity index (χ0n) is 34.8. The number of nitrogens with zero attached hydrogens (tertiary/aromatic N) is 3. The summed E-state index contributed by atoms with van der Waals surface area (Å²) >= 11 is 0. The van der Waals surface area contributed by atoms with Gasteiger partial charge >= 0.3 is 19.0 Å². The van der Waals surface area contributed by atoms with E-state index in [9.17, 15) is 34.1 Å². The lowest BCUT2D eigenvalue weighted by molar-refractivity contribution is -0.0936. The smallest absolute Gasteiger partial charge is 0.356 e. The standard InChI is InChI=1S/C44H48N5O13P/c1-28-23-48(42(53)46-40(28)51)38-21-34(36(25-50)60-38)57-27-63(55,59-20-10-19-45)62-35-22-39(49-24-29(2)41(52)47-43(49)54)61-37(35)26-58-44(30-11-6-4-7-12-30,31-13-8-5-9-14-31)32-15-17-33(56-3)18-16-32/h4-9,11-18,23-24,34-39,50H,10,20-22,25-27H2,1-3H3,(H,46,51,53)(H,47,52,54)/t34-,35-,36+,37+,38+,39+,63?/m0/s1. The van der Waals surface area contributed by atoms with Crippen molar-refractivity contribution in [1.29, 1.82) is 5.26 Å². The summed E-state index contributed by atoms with van der Waals surface area (Å²) in [5.41, 5.74) is -1.04. The monoisotopic (exact) mass is 885 g/mol. The minimum atomic E-state index is -4.36. The molecule has 4 heterocycles. The van der Waals surface area contributed by atoms with Gasteiger partial charge in [-0.3, -0.25) is 33.3 Å². The molecule has 332 valence electrons. The minimum Gasteiger partial charge on any atom is -0.497 e. The van der Waals surface area contributed by atoms with Gasteiger partial charge in [-0.2, -0.15) is 5.26 Å². The van der Waals surface area contributed by atoms with Crippen LogP contribution < -0.4 is 27.2 Å². The van der Waals surface area contributed by atoms with Crippen LogP contribution >= 0.6 is 7.60 Å². The summed E-state index contributed by atoms with van der Waals surface area (Å²) in [5, 5.41) is 19.6. The Hall–Kier alpha value is -5.74. The molecule has 3 N–H and O–H groups in total. The molecular weight excluding hydrogens is 837 g/mol. The summed E-state index contributed by atoms with van der Waals surface area (Å²) < 4.78 is 60.6. The van der Waals surface area contributed by atoms with Crippen LogP contribution in [0.15, 0.2) is 117 Å².